The predicted octanol–water partition coefficient (Wildman–Crippen LogP) is 3.99. The van der Waals surface area contributed by atoms with E-state index >= 15 is 0 Å². The predicted molar refractivity (Wildman–Crippen MR) is 117 cm³/mol. The third-order valence-corrected chi connectivity index (χ3v) is 4.37. The number of amides is 2. The number of hydrogen-bond acceptors (Lipinski definition) is 3. The lowest BCUT2D eigenvalue weighted by Gasteiger charge is -2.10. The molecule has 0 atom stereocenters. The minimum absolute atomic E-state index is 0.0538. The number of nitrogens with one attached hydrogen (secondary N) is 3. The fourth-order valence-electron chi connectivity index (χ4n) is 2.92. The molecule has 5 nitrogen and oxygen atoms in total. The van der Waals surface area contributed by atoms with Crippen molar-refractivity contribution in [3.8, 4) is 0 Å². The molecule has 0 aliphatic rings. The number of anilines is 2. The van der Waals surface area contributed by atoms with E-state index in [1.165, 1.54) is 0 Å². The van der Waals surface area contributed by atoms with Crippen molar-refractivity contribution in [1.82, 2.24) is 5.32 Å². The van der Waals surface area contributed by atoms with E-state index in [1.54, 1.807) is 18.2 Å². The van der Waals surface area contributed by atoms with E-state index in [2.05, 4.69) is 16.0 Å². The molecule has 3 aromatic rings. The highest BCUT2D eigenvalue weighted by Crippen LogP contribution is 2.15. The van der Waals surface area contributed by atoms with E-state index < -0.39 is 0 Å². The summed E-state index contributed by atoms with van der Waals surface area (Å²) in [4.78, 5) is 24.3. The third kappa shape index (κ3) is 7.24. The van der Waals surface area contributed by atoms with Gasteiger partial charge in [-0.05, 0) is 35.7 Å². The van der Waals surface area contributed by atoms with Crippen LogP contribution in [0, 0.1) is 0 Å². The molecule has 3 N–H and O–H groups in total. The zero-order valence-corrected chi connectivity index (χ0v) is 16.2. The molecule has 3 aromatic carbocycles. The van der Waals surface area contributed by atoms with Crippen molar-refractivity contribution in [2.75, 3.05) is 17.2 Å². The summed E-state index contributed by atoms with van der Waals surface area (Å²) in [7, 11) is 0. The summed E-state index contributed by atoms with van der Waals surface area (Å²) >= 11 is 0. The smallest absolute Gasteiger partial charge is 0.238 e. The Balaban J connectivity index is 1.43. The summed E-state index contributed by atoms with van der Waals surface area (Å²) in [6.07, 6.45) is 1.10. The quantitative estimate of drug-likeness (QED) is 0.520. The molecule has 0 bridgehead atoms. The molecule has 0 aliphatic carbocycles. The van der Waals surface area contributed by atoms with Crippen LogP contribution in [0.5, 0.6) is 0 Å². The van der Waals surface area contributed by atoms with Gasteiger partial charge in [0.15, 0.2) is 0 Å². The molecule has 0 saturated carbocycles. The third-order valence-electron chi connectivity index (χ3n) is 4.37. The Kier molecular flexibility index (Phi) is 7.55. The van der Waals surface area contributed by atoms with E-state index in [9.17, 15) is 9.59 Å². The molecular weight excluding hydrogens is 362 g/mol. The zero-order chi connectivity index (χ0) is 20.3. The molecule has 0 spiro atoms. The van der Waals surface area contributed by atoms with Crippen LogP contribution in [0.3, 0.4) is 0 Å². The molecular formula is C24H25N3O2. The molecule has 0 radical (unpaired) electrons. The minimum Gasteiger partial charge on any atom is -0.326 e. The Morgan fingerprint density at radius 1 is 0.655 bits per heavy atom. The Hall–Kier alpha value is -3.44. The normalized spacial score (nSPS) is 10.3. The number of carbonyl (C=O) groups excluding carboxylic acids is 2. The number of aryl methyl sites for hydroxylation is 1. The topological polar surface area (TPSA) is 70.2 Å². The van der Waals surface area contributed by atoms with E-state index in [0.717, 1.165) is 11.1 Å². The average molecular weight is 387 g/mol. The van der Waals surface area contributed by atoms with Crippen LogP contribution in [-0.4, -0.2) is 18.4 Å². The lowest BCUT2D eigenvalue weighted by atomic mass is 10.1. The highest BCUT2D eigenvalue weighted by molar-refractivity contribution is 5.94. The van der Waals surface area contributed by atoms with Crippen molar-refractivity contribution < 1.29 is 9.59 Å². The largest absolute Gasteiger partial charge is 0.326 e. The lowest BCUT2D eigenvalue weighted by Crippen LogP contribution is -2.27. The first-order chi connectivity index (χ1) is 14.2. The molecule has 0 unspecified atom stereocenters. The van der Waals surface area contributed by atoms with Crippen LogP contribution in [0.15, 0.2) is 84.9 Å². The second kappa shape index (κ2) is 10.8. The lowest BCUT2D eigenvalue weighted by molar-refractivity contribution is -0.116. The molecule has 29 heavy (non-hydrogen) atoms. The van der Waals surface area contributed by atoms with E-state index in [1.807, 2.05) is 66.7 Å². The van der Waals surface area contributed by atoms with Gasteiger partial charge in [0.25, 0.3) is 0 Å². The number of hydrogen-bond donors (Lipinski definition) is 3. The molecule has 148 valence electrons. The van der Waals surface area contributed by atoms with Gasteiger partial charge in [-0.15, -0.1) is 0 Å². The first kappa shape index (κ1) is 20.3. The van der Waals surface area contributed by atoms with E-state index in [4.69, 9.17) is 0 Å². The van der Waals surface area contributed by atoms with Crippen LogP contribution in [0.25, 0.3) is 0 Å². The molecule has 0 saturated heterocycles. The number of rotatable bonds is 9. The van der Waals surface area contributed by atoms with Gasteiger partial charge >= 0.3 is 0 Å². The maximum absolute atomic E-state index is 12.2. The van der Waals surface area contributed by atoms with Crippen LogP contribution in [0.1, 0.15) is 17.5 Å². The fourth-order valence-corrected chi connectivity index (χ4v) is 2.92. The Morgan fingerprint density at radius 2 is 1.24 bits per heavy atom. The molecule has 0 aliphatic heterocycles. The maximum atomic E-state index is 12.2. The summed E-state index contributed by atoms with van der Waals surface area (Å²) in [5.74, 6) is -0.185. The Labute approximate surface area is 171 Å². The fraction of sp³-hybridized carbons (Fsp3) is 0.167. The van der Waals surface area contributed by atoms with Crippen molar-refractivity contribution in [3.05, 3.63) is 96.1 Å². The average Bonchev–Trinajstić information content (AvgIpc) is 2.74. The summed E-state index contributed by atoms with van der Waals surface area (Å²) in [5.41, 5.74) is 3.57. The standard InChI is InChI=1S/C24H25N3O2/c28-23(15-14-19-8-3-1-4-9-19)26-21-12-7-13-22(16-21)27-24(29)18-25-17-20-10-5-2-6-11-20/h1-13,16,25H,14-15,17-18H2,(H,26,28)(H,27,29). The van der Waals surface area contributed by atoms with Crippen molar-refractivity contribution in [2.45, 2.75) is 19.4 Å². The summed E-state index contributed by atoms with van der Waals surface area (Å²) < 4.78 is 0. The number of carbonyl (C=O) groups is 2. The van der Waals surface area contributed by atoms with Gasteiger partial charge in [0.2, 0.25) is 11.8 Å². The van der Waals surface area contributed by atoms with Crippen LogP contribution >= 0.6 is 0 Å². The summed E-state index contributed by atoms with van der Waals surface area (Å²) in [6, 6.07) is 27.0. The van der Waals surface area contributed by atoms with Gasteiger partial charge < -0.3 is 16.0 Å². The first-order valence-electron chi connectivity index (χ1n) is 9.67. The van der Waals surface area contributed by atoms with Crippen molar-refractivity contribution in [1.29, 1.82) is 0 Å². The monoisotopic (exact) mass is 387 g/mol. The van der Waals surface area contributed by atoms with Crippen LogP contribution in [-0.2, 0) is 22.6 Å². The highest BCUT2D eigenvalue weighted by atomic mass is 16.2. The molecule has 0 heterocycles. The van der Waals surface area contributed by atoms with Crippen LogP contribution in [0.4, 0.5) is 11.4 Å². The molecule has 0 fully saturated rings. The van der Waals surface area contributed by atoms with Crippen molar-refractivity contribution in [2.24, 2.45) is 0 Å². The van der Waals surface area contributed by atoms with Crippen LogP contribution < -0.4 is 16.0 Å². The van der Waals surface area contributed by atoms with Crippen molar-refractivity contribution >= 4 is 23.2 Å². The van der Waals surface area contributed by atoms with Crippen molar-refractivity contribution in [3.63, 3.8) is 0 Å². The summed E-state index contributed by atoms with van der Waals surface area (Å²) in [5, 5.41) is 8.85. The van der Waals surface area contributed by atoms with Crippen LogP contribution in [0.2, 0.25) is 0 Å². The Morgan fingerprint density at radius 3 is 1.90 bits per heavy atom. The number of benzene rings is 3. The summed E-state index contributed by atoms with van der Waals surface area (Å²) in [6.45, 7) is 0.842. The van der Waals surface area contributed by atoms with Gasteiger partial charge in [0, 0.05) is 24.3 Å². The van der Waals surface area contributed by atoms with Gasteiger partial charge in [0.05, 0.1) is 6.54 Å². The van der Waals surface area contributed by atoms with E-state index in [0.29, 0.717) is 30.8 Å². The van der Waals surface area contributed by atoms with Gasteiger partial charge in [-0.3, -0.25) is 9.59 Å². The molecule has 2 amide bonds. The Bertz CT molecular complexity index is 927. The van der Waals surface area contributed by atoms with Gasteiger partial charge in [0.1, 0.15) is 0 Å². The van der Waals surface area contributed by atoms with Gasteiger partial charge in [-0.25, -0.2) is 0 Å². The second-order valence-electron chi connectivity index (χ2n) is 6.75. The first-order valence-corrected chi connectivity index (χ1v) is 9.67. The second-order valence-corrected chi connectivity index (χ2v) is 6.75. The molecule has 3 rings (SSSR count). The zero-order valence-electron chi connectivity index (χ0n) is 16.2. The van der Waals surface area contributed by atoms with E-state index in [-0.39, 0.29) is 18.4 Å². The highest BCUT2D eigenvalue weighted by Gasteiger charge is 2.06. The SMILES string of the molecule is O=C(CCc1ccccc1)Nc1cccc(NC(=O)CNCc2ccccc2)c1. The maximum Gasteiger partial charge on any atom is 0.238 e. The minimum atomic E-state index is -0.131. The van der Waals surface area contributed by atoms with Gasteiger partial charge in [-0.1, -0.05) is 66.7 Å². The molecule has 0 aromatic heterocycles. The molecule has 5 heteroatoms. The van der Waals surface area contributed by atoms with Gasteiger partial charge in [-0.2, -0.15) is 0 Å².